The molecule has 3 rings (SSSR count). The molecule has 2 amide bonds. The maximum Gasteiger partial charge on any atom is 0.338 e. The van der Waals surface area contributed by atoms with Gasteiger partial charge in [0.1, 0.15) is 11.8 Å². The number of benzene rings is 2. The van der Waals surface area contributed by atoms with Crippen LogP contribution in [-0.4, -0.2) is 44.1 Å². The first kappa shape index (κ1) is 21.2. The van der Waals surface area contributed by atoms with E-state index < -0.39 is 12.0 Å². The van der Waals surface area contributed by atoms with Crippen molar-refractivity contribution in [1.82, 2.24) is 0 Å². The van der Waals surface area contributed by atoms with E-state index in [0.29, 0.717) is 34.9 Å². The molecular weight excluding hydrogens is 386 g/mol. The fraction of sp³-hybridized carbons (Fsp3) is 0.318. The Hall–Kier alpha value is -3.55. The van der Waals surface area contributed by atoms with Crippen LogP contribution in [0.15, 0.2) is 42.5 Å². The minimum atomic E-state index is -0.750. The van der Waals surface area contributed by atoms with Crippen LogP contribution in [0.25, 0.3) is 0 Å². The molecule has 0 radical (unpaired) electrons. The second kappa shape index (κ2) is 9.30. The Balaban J connectivity index is 1.78. The summed E-state index contributed by atoms with van der Waals surface area (Å²) in [6, 6.07) is 11.2. The number of ether oxygens (including phenoxy) is 2. The molecule has 2 aromatic rings. The molecule has 158 valence electrons. The van der Waals surface area contributed by atoms with Gasteiger partial charge in [-0.1, -0.05) is 6.07 Å². The first-order chi connectivity index (χ1) is 14.5. The second-order valence-corrected chi connectivity index (χ2v) is 6.72. The first-order valence-corrected chi connectivity index (χ1v) is 9.79. The Kier molecular flexibility index (Phi) is 6.56. The number of nitrogens with one attached hydrogen (secondary N) is 2. The molecule has 0 fully saturated rings. The zero-order valence-corrected chi connectivity index (χ0v) is 17.2. The molecule has 2 aromatic carbocycles. The predicted molar refractivity (Wildman–Crippen MR) is 114 cm³/mol. The summed E-state index contributed by atoms with van der Waals surface area (Å²) in [7, 11) is 1.55. The maximum absolute atomic E-state index is 12.9. The van der Waals surface area contributed by atoms with Gasteiger partial charge in [0.2, 0.25) is 11.8 Å². The quantitative estimate of drug-likeness (QED) is 0.680. The Morgan fingerprint density at radius 3 is 2.67 bits per heavy atom. The van der Waals surface area contributed by atoms with Gasteiger partial charge in [0, 0.05) is 18.3 Å². The van der Waals surface area contributed by atoms with E-state index in [0.717, 1.165) is 0 Å². The van der Waals surface area contributed by atoms with Crippen molar-refractivity contribution in [2.24, 2.45) is 0 Å². The Bertz CT molecular complexity index is 960. The molecule has 0 unspecified atom stereocenters. The van der Waals surface area contributed by atoms with Crippen molar-refractivity contribution in [1.29, 1.82) is 0 Å². The van der Waals surface area contributed by atoms with Crippen molar-refractivity contribution >= 4 is 34.8 Å². The van der Waals surface area contributed by atoms with Gasteiger partial charge in [-0.3, -0.25) is 9.59 Å². The maximum atomic E-state index is 12.9. The molecule has 0 bridgehead atoms. The number of anilines is 3. The zero-order chi connectivity index (χ0) is 21.7. The topological polar surface area (TPSA) is 97.0 Å². The summed E-state index contributed by atoms with van der Waals surface area (Å²) in [6.07, 6.45) is -0.0599. The lowest BCUT2D eigenvalue weighted by molar-refractivity contribution is -0.123. The molecule has 2 N–H and O–H groups in total. The van der Waals surface area contributed by atoms with E-state index in [1.54, 1.807) is 61.4 Å². The van der Waals surface area contributed by atoms with Gasteiger partial charge < -0.3 is 25.0 Å². The van der Waals surface area contributed by atoms with Crippen molar-refractivity contribution in [2.45, 2.75) is 26.3 Å². The smallest absolute Gasteiger partial charge is 0.338 e. The monoisotopic (exact) mass is 411 g/mol. The standard InChI is InChI=1S/C22H25N3O5/c1-4-25-19-10-9-14(22(28)30-5-2)11-17(19)24-18(21(25)27)13-20(26)23-15-7-6-8-16(12-15)29-3/h6-12,18,24H,4-5,13H2,1-3H3,(H,23,26)/t18-/m1/s1. The van der Waals surface area contributed by atoms with Crippen LogP contribution in [0.4, 0.5) is 17.1 Å². The second-order valence-electron chi connectivity index (χ2n) is 6.72. The van der Waals surface area contributed by atoms with Crippen LogP contribution in [0.5, 0.6) is 5.75 Å². The van der Waals surface area contributed by atoms with Crippen molar-refractivity contribution in [3.63, 3.8) is 0 Å². The van der Waals surface area contributed by atoms with Crippen LogP contribution in [0.2, 0.25) is 0 Å². The van der Waals surface area contributed by atoms with Gasteiger partial charge in [0.25, 0.3) is 0 Å². The third-order valence-electron chi connectivity index (χ3n) is 4.75. The predicted octanol–water partition coefficient (Wildman–Crippen LogP) is 3.05. The number of likely N-dealkylation sites (N-methyl/N-ethyl adjacent to an activating group) is 1. The summed E-state index contributed by atoms with van der Waals surface area (Å²) in [5.41, 5.74) is 2.24. The molecular formula is C22H25N3O5. The summed E-state index contributed by atoms with van der Waals surface area (Å²) in [6.45, 7) is 4.32. The van der Waals surface area contributed by atoms with Crippen molar-refractivity contribution in [2.75, 3.05) is 35.8 Å². The Morgan fingerprint density at radius 1 is 1.17 bits per heavy atom. The van der Waals surface area contributed by atoms with Gasteiger partial charge >= 0.3 is 5.97 Å². The number of fused-ring (bicyclic) bond motifs is 1. The highest BCUT2D eigenvalue weighted by Crippen LogP contribution is 2.33. The summed E-state index contributed by atoms with van der Waals surface area (Å²) >= 11 is 0. The average molecular weight is 411 g/mol. The van der Waals surface area contributed by atoms with E-state index in [1.807, 2.05) is 6.92 Å². The van der Waals surface area contributed by atoms with E-state index in [4.69, 9.17) is 9.47 Å². The van der Waals surface area contributed by atoms with E-state index in [9.17, 15) is 14.4 Å². The number of carbonyl (C=O) groups is 3. The number of nitrogens with zero attached hydrogens (tertiary/aromatic N) is 1. The molecule has 0 saturated heterocycles. The Labute approximate surface area is 175 Å². The number of hydrogen-bond donors (Lipinski definition) is 2. The van der Waals surface area contributed by atoms with Gasteiger partial charge in [0.05, 0.1) is 37.1 Å². The van der Waals surface area contributed by atoms with Crippen LogP contribution in [-0.2, 0) is 14.3 Å². The van der Waals surface area contributed by atoms with Gasteiger partial charge in [-0.15, -0.1) is 0 Å². The molecule has 30 heavy (non-hydrogen) atoms. The molecule has 8 nitrogen and oxygen atoms in total. The Morgan fingerprint density at radius 2 is 1.97 bits per heavy atom. The van der Waals surface area contributed by atoms with Gasteiger partial charge in [0.15, 0.2) is 0 Å². The van der Waals surface area contributed by atoms with E-state index in [1.165, 1.54) is 0 Å². The third kappa shape index (κ3) is 4.53. The third-order valence-corrected chi connectivity index (χ3v) is 4.75. The highest BCUT2D eigenvalue weighted by atomic mass is 16.5. The number of hydrogen-bond acceptors (Lipinski definition) is 6. The number of rotatable bonds is 7. The molecule has 1 aliphatic rings. The number of carbonyl (C=O) groups excluding carboxylic acids is 3. The van der Waals surface area contributed by atoms with Gasteiger partial charge in [-0.05, 0) is 44.2 Å². The molecule has 0 aliphatic carbocycles. The molecule has 8 heteroatoms. The fourth-order valence-corrected chi connectivity index (χ4v) is 3.35. The fourth-order valence-electron chi connectivity index (χ4n) is 3.35. The summed E-state index contributed by atoms with van der Waals surface area (Å²) in [4.78, 5) is 39.1. The van der Waals surface area contributed by atoms with E-state index in [-0.39, 0.29) is 24.8 Å². The number of esters is 1. The summed E-state index contributed by atoms with van der Waals surface area (Å²) in [5, 5.41) is 5.89. The number of methoxy groups -OCH3 is 1. The normalized spacial score (nSPS) is 15.1. The largest absolute Gasteiger partial charge is 0.497 e. The molecule has 0 saturated carbocycles. The lowest BCUT2D eigenvalue weighted by Crippen LogP contribution is -2.48. The van der Waals surface area contributed by atoms with Crippen molar-refractivity contribution < 1.29 is 23.9 Å². The molecule has 0 aromatic heterocycles. The van der Waals surface area contributed by atoms with Crippen LogP contribution in [0.3, 0.4) is 0 Å². The minimum absolute atomic E-state index is 0.0599. The minimum Gasteiger partial charge on any atom is -0.497 e. The van der Waals surface area contributed by atoms with Crippen molar-refractivity contribution in [3.05, 3.63) is 48.0 Å². The lowest BCUT2D eigenvalue weighted by atomic mass is 10.0. The van der Waals surface area contributed by atoms with E-state index in [2.05, 4.69) is 10.6 Å². The van der Waals surface area contributed by atoms with Gasteiger partial charge in [-0.2, -0.15) is 0 Å². The van der Waals surface area contributed by atoms with Crippen molar-refractivity contribution in [3.8, 4) is 5.75 Å². The van der Waals surface area contributed by atoms with Crippen LogP contribution >= 0.6 is 0 Å². The average Bonchev–Trinajstić information content (AvgIpc) is 2.74. The number of amides is 2. The lowest BCUT2D eigenvalue weighted by Gasteiger charge is -2.34. The van der Waals surface area contributed by atoms with Crippen LogP contribution in [0.1, 0.15) is 30.6 Å². The molecule has 0 spiro atoms. The zero-order valence-electron chi connectivity index (χ0n) is 17.2. The van der Waals surface area contributed by atoms with Gasteiger partial charge in [-0.25, -0.2) is 4.79 Å². The summed E-state index contributed by atoms with van der Waals surface area (Å²) < 4.78 is 10.2. The molecule has 1 heterocycles. The SMILES string of the molecule is CCOC(=O)c1ccc2c(c1)N[C@H](CC(=O)Nc1cccc(OC)c1)C(=O)N2CC. The van der Waals surface area contributed by atoms with Crippen LogP contribution < -0.4 is 20.3 Å². The highest BCUT2D eigenvalue weighted by Gasteiger charge is 2.33. The first-order valence-electron chi connectivity index (χ1n) is 9.79. The highest BCUT2D eigenvalue weighted by molar-refractivity contribution is 6.08. The van der Waals surface area contributed by atoms with E-state index >= 15 is 0 Å². The summed E-state index contributed by atoms with van der Waals surface area (Å²) in [5.74, 6) is -0.323. The molecule has 1 aliphatic heterocycles. The molecule has 1 atom stereocenters. The van der Waals surface area contributed by atoms with Crippen LogP contribution in [0, 0.1) is 0 Å².